The normalized spacial score (nSPS) is 9.94. The Balaban J connectivity index is 2.77. The monoisotopic (exact) mass is 227 g/mol. The summed E-state index contributed by atoms with van der Waals surface area (Å²) < 4.78 is 18.4. The highest BCUT2D eigenvalue weighted by atomic mass is 19.1. The molecule has 0 aromatic heterocycles. The minimum Gasteiger partial charge on any atom is -0.491 e. The van der Waals surface area contributed by atoms with Crippen molar-refractivity contribution in [2.75, 3.05) is 13.7 Å². The van der Waals surface area contributed by atoms with Gasteiger partial charge in [-0.3, -0.25) is 0 Å². The van der Waals surface area contributed by atoms with Gasteiger partial charge < -0.3 is 14.7 Å². The van der Waals surface area contributed by atoms with Crippen LogP contribution in [0.1, 0.15) is 12.5 Å². The van der Waals surface area contributed by atoms with Crippen molar-refractivity contribution in [1.82, 2.24) is 4.90 Å². The van der Waals surface area contributed by atoms with Crippen molar-refractivity contribution in [3.8, 4) is 5.75 Å². The number of benzene rings is 1. The van der Waals surface area contributed by atoms with Crippen molar-refractivity contribution in [3.05, 3.63) is 29.6 Å². The fraction of sp³-hybridized carbons (Fsp3) is 0.364. The van der Waals surface area contributed by atoms with Gasteiger partial charge in [-0.2, -0.15) is 0 Å². The molecule has 0 atom stereocenters. The summed E-state index contributed by atoms with van der Waals surface area (Å²) in [7, 11) is 1.43. The topological polar surface area (TPSA) is 49.8 Å². The maximum Gasteiger partial charge on any atom is 0.407 e. The lowest BCUT2D eigenvalue weighted by Gasteiger charge is -2.13. The molecule has 0 aliphatic rings. The van der Waals surface area contributed by atoms with E-state index in [2.05, 4.69) is 0 Å². The van der Waals surface area contributed by atoms with Crippen molar-refractivity contribution in [1.29, 1.82) is 0 Å². The van der Waals surface area contributed by atoms with Gasteiger partial charge in [0.1, 0.15) is 0 Å². The van der Waals surface area contributed by atoms with Crippen LogP contribution in [0.4, 0.5) is 9.18 Å². The van der Waals surface area contributed by atoms with Gasteiger partial charge in [0.15, 0.2) is 11.6 Å². The molecular weight excluding hydrogens is 213 g/mol. The number of hydrogen-bond acceptors (Lipinski definition) is 2. The number of carboxylic acid groups (broad SMARTS) is 1. The largest absolute Gasteiger partial charge is 0.491 e. The first-order chi connectivity index (χ1) is 7.54. The molecule has 0 saturated heterocycles. The molecule has 88 valence electrons. The number of amides is 1. The lowest BCUT2D eigenvalue weighted by molar-refractivity contribution is 0.153. The van der Waals surface area contributed by atoms with E-state index in [1.54, 1.807) is 13.0 Å². The molecule has 0 aliphatic heterocycles. The van der Waals surface area contributed by atoms with Crippen LogP contribution < -0.4 is 4.74 Å². The number of halogens is 1. The Morgan fingerprint density at radius 2 is 2.25 bits per heavy atom. The molecule has 0 radical (unpaired) electrons. The summed E-state index contributed by atoms with van der Waals surface area (Å²) in [6, 6.07) is 4.43. The zero-order chi connectivity index (χ0) is 12.1. The quantitative estimate of drug-likeness (QED) is 0.858. The number of ether oxygens (including phenoxy) is 1. The molecule has 5 heteroatoms. The highest BCUT2D eigenvalue weighted by molar-refractivity contribution is 5.64. The van der Waals surface area contributed by atoms with E-state index in [0.29, 0.717) is 12.2 Å². The molecule has 16 heavy (non-hydrogen) atoms. The first-order valence-electron chi connectivity index (χ1n) is 4.90. The lowest BCUT2D eigenvalue weighted by Crippen LogP contribution is -2.23. The summed E-state index contributed by atoms with van der Waals surface area (Å²) in [6.07, 6.45) is -1.05. The van der Waals surface area contributed by atoms with Gasteiger partial charge >= 0.3 is 6.09 Å². The van der Waals surface area contributed by atoms with Gasteiger partial charge in [0, 0.05) is 13.6 Å². The van der Waals surface area contributed by atoms with Gasteiger partial charge in [-0.25, -0.2) is 9.18 Å². The Hall–Kier alpha value is -1.78. The molecule has 1 N–H and O–H groups in total. The predicted octanol–water partition coefficient (Wildman–Crippen LogP) is 2.33. The molecule has 0 fully saturated rings. The van der Waals surface area contributed by atoms with Crippen LogP contribution in [0.5, 0.6) is 5.75 Å². The van der Waals surface area contributed by atoms with Crippen LogP contribution in [-0.2, 0) is 6.54 Å². The number of rotatable bonds is 4. The average Bonchev–Trinajstić information content (AvgIpc) is 2.22. The zero-order valence-electron chi connectivity index (χ0n) is 9.24. The van der Waals surface area contributed by atoms with Crippen molar-refractivity contribution in [2.45, 2.75) is 13.5 Å². The van der Waals surface area contributed by atoms with E-state index in [0.717, 1.165) is 4.90 Å². The predicted molar refractivity (Wildman–Crippen MR) is 57.1 cm³/mol. The third-order valence-corrected chi connectivity index (χ3v) is 2.04. The third kappa shape index (κ3) is 3.12. The Bertz CT molecular complexity index is 381. The van der Waals surface area contributed by atoms with Crippen molar-refractivity contribution in [2.24, 2.45) is 0 Å². The molecular formula is C11H14FNO3. The van der Waals surface area contributed by atoms with Gasteiger partial charge in [-0.15, -0.1) is 0 Å². The SMILES string of the molecule is CCOc1ccc(CN(C)C(=O)O)cc1F. The summed E-state index contributed by atoms with van der Waals surface area (Å²) in [5.74, 6) is -0.289. The first kappa shape index (κ1) is 12.3. The Morgan fingerprint density at radius 3 is 2.75 bits per heavy atom. The van der Waals surface area contributed by atoms with E-state index < -0.39 is 11.9 Å². The highest BCUT2D eigenvalue weighted by Crippen LogP contribution is 2.18. The molecule has 0 bridgehead atoms. The van der Waals surface area contributed by atoms with E-state index in [1.165, 1.54) is 19.2 Å². The van der Waals surface area contributed by atoms with Crippen LogP contribution in [0.3, 0.4) is 0 Å². The fourth-order valence-electron chi connectivity index (χ4n) is 1.26. The Kier molecular flexibility index (Phi) is 4.10. The molecule has 1 rings (SSSR count). The van der Waals surface area contributed by atoms with Gasteiger partial charge in [-0.05, 0) is 24.6 Å². The molecule has 0 heterocycles. The highest BCUT2D eigenvalue weighted by Gasteiger charge is 2.09. The van der Waals surface area contributed by atoms with Crippen molar-refractivity contribution in [3.63, 3.8) is 0 Å². The molecule has 0 spiro atoms. The van der Waals surface area contributed by atoms with Gasteiger partial charge in [0.05, 0.1) is 6.61 Å². The standard InChI is InChI=1S/C11H14FNO3/c1-3-16-10-5-4-8(6-9(10)12)7-13(2)11(14)15/h4-6H,3,7H2,1-2H3,(H,14,15). The summed E-state index contributed by atoms with van der Waals surface area (Å²) in [6.45, 7) is 2.31. The number of carbonyl (C=O) groups is 1. The minimum atomic E-state index is -1.05. The maximum atomic E-state index is 13.4. The van der Waals surface area contributed by atoms with E-state index in [-0.39, 0.29) is 12.3 Å². The van der Waals surface area contributed by atoms with Crippen LogP contribution in [0, 0.1) is 5.82 Å². The first-order valence-corrected chi connectivity index (χ1v) is 4.90. The van der Waals surface area contributed by atoms with Crippen LogP contribution in [0.25, 0.3) is 0 Å². The maximum absolute atomic E-state index is 13.4. The molecule has 0 unspecified atom stereocenters. The molecule has 4 nitrogen and oxygen atoms in total. The second-order valence-electron chi connectivity index (χ2n) is 3.34. The van der Waals surface area contributed by atoms with Gasteiger partial charge in [-0.1, -0.05) is 6.07 Å². The molecule has 1 aromatic rings. The molecule has 0 aliphatic carbocycles. The average molecular weight is 227 g/mol. The van der Waals surface area contributed by atoms with Crippen molar-refractivity contribution < 1.29 is 19.0 Å². The summed E-state index contributed by atoms with van der Waals surface area (Å²) in [5, 5.41) is 8.66. The molecule has 1 amide bonds. The second-order valence-corrected chi connectivity index (χ2v) is 3.34. The summed E-state index contributed by atoms with van der Waals surface area (Å²) >= 11 is 0. The lowest BCUT2D eigenvalue weighted by atomic mass is 10.2. The Morgan fingerprint density at radius 1 is 1.56 bits per heavy atom. The van der Waals surface area contributed by atoms with Gasteiger partial charge in [0.25, 0.3) is 0 Å². The van der Waals surface area contributed by atoms with Crippen LogP contribution in [0.2, 0.25) is 0 Å². The molecule has 0 saturated carbocycles. The zero-order valence-corrected chi connectivity index (χ0v) is 9.24. The second kappa shape index (κ2) is 5.34. The molecule has 1 aromatic carbocycles. The Labute approximate surface area is 93.3 Å². The number of nitrogens with zero attached hydrogens (tertiary/aromatic N) is 1. The summed E-state index contributed by atoms with van der Waals surface area (Å²) in [5.41, 5.74) is 0.589. The fourth-order valence-corrected chi connectivity index (χ4v) is 1.26. The van der Waals surface area contributed by atoms with Gasteiger partial charge in [0.2, 0.25) is 0 Å². The number of hydrogen-bond donors (Lipinski definition) is 1. The van der Waals surface area contributed by atoms with E-state index in [1.807, 2.05) is 0 Å². The van der Waals surface area contributed by atoms with Crippen LogP contribution in [-0.4, -0.2) is 29.8 Å². The van der Waals surface area contributed by atoms with E-state index in [4.69, 9.17) is 9.84 Å². The van der Waals surface area contributed by atoms with Crippen LogP contribution >= 0.6 is 0 Å². The third-order valence-electron chi connectivity index (χ3n) is 2.04. The van der Waals surface area contributed by atoms with E-state index >= 15 is 0 Å². The van der Waals surface area contributed by atoms with E-state index in [9.17, 15) is 9.18 Å². The summed E-state index contributed by atoms with van der Waals surface area (Å²) in [4.78, 5) is 11.6. The van der Waals surface area contributed by atoms with Crippen LogP contribution in [0.15, 0.2) is 18.2 Å². The minimum absolute atomic E-state index is 0.151. The van der Waals surface area contributed by atoms with Crippen molar-refractivity contribution >= 4 is 6.09 Å². The smallest absolute Gasteiger partial charge is 0.407 e.